The number of fused-ring (bicyclic) bond motifs is 1. The fourth-order valence-corrected chi connectivity index (χ4v) is 1.73. The minimum atomic E-state index is -1.26. The molecule has 0 aliphatic heterocycles. The van der Waals surface area contributed by atoms with E-state index >= 15 is 0 Å². The third kappa shape index (κ3) is 4.50. The maximum Gasteiger partial charge on any atom is 0.328 e. The van der Waals surface area contributed by atoms with Crippen LogP contribution in [-0.2, 0) is 9.59 Å². The molecule has 1 aromatic carbocycles. The molecule has 4 N–H and O–H groups in total. The molecule has 2 rings (SSSR count). The summed E-state index contributed by atoms with van der Waals surface area (Å²) in [6.07, 6.45) is 1.12. The quantitative estimate of drug-likeness (QED) is 0.725. The van der Waals surface area contributed by atoms with Gasteiger partial charge in [0.2, 0.25) is 0 Å². The van der Waals surface area contributed by atoms with E-state index in [0.717, 1.165) is 16.6 Å². The summed E-state index contributed by atoms with van der Waals surface area (Å²) in [5, 5.41) is 16.7. The maximum absolute atomic E-state index is 11.1. The van der Waals surface area contributed by atoms with Crippen LogP contribution in [-0.4, -0.2) is 32.7 Å². The zero-order valence-corrected chi connectivity index (χ0v) is 11.2. The minimum absolute atomic E-state index is 0.432. The Balaban J connectivity index is 0.000000240. The highest BCUT2D eigenvalue weighted by atomic mass is 16.4. The van der Waals surface area contributed by atoms with Crippen LogP contribution in [0.3, 0.4) is 0 Å². The lowest BCUT2D eigenvalue weighted by Gasteiger charge is -2.00. The van der Waals surface area contributed by atoms with E-state index in [4.69, 9.17) is 15.9 Å². The monoisotopic (exact) mass is 290 g/mol. The number of aromatic nitrogens is 1. The molecule has 1 heterocycles. The molecule has 0 aliphatic carbocycles. The fourth-order valence-electron chi connectivity index (χ4n) is 1.73. The number of nitrogens with two attached hydrogens (primary N) is 1. The average Bonchev–Trinajstić information content (AvgIpc) is 2.73. The Hall–Kier alpha value is -3.09. The van der Waals surface area contributed by atoms with Gasteiger partial charge in [-0.3, -0.25) is 4.57 Å². The van der Waals surface area contributed by atoms with Gasteiger partial charge in [0.05, 0.1) is 5.52 Å². The standard InChI is InChI=1S/C10H10N2O.C4H4O4/c1-7-6-8-4-2-3-5-9(8)12(7)10(11)13;5-3(6)1-2-4(7)8/h2-6H,1H3,(H2,11,13);1-2H,(H,5,6)(H,7,8)/b;2-1-. The number of carboxylic acid groups (broad SMARTS) is 2. The Bertz CT molecular complexity index is 699. The molecule has 7 nitrogen and oxygen atoms in total. The molecule has 0 saturated heterocycles. The Kier molecular flexibility index (Phi) is 5.24. The van der Waals surface area contributed by atoms with Crippen molar-refractivity contribution in [3.05, 3.63) is 48.2 Å². The number of aliphatic carboxylic acids is 2. The topological polar surface area (TPSA) is 123 Å². The van der Waals surface area contributed by atoms with Crippen LogP contribution in [0.4, 0.5) is 4.79 Å². The molecule has 110 valence electrons. The zero-order valence-electron chi connectivity index (χ0n) is 11.2. The first kappa shape index (κ1) is 16.0. The molecule has 0 fully saturated rings. The Morgan fingerprint density at radius 1 is 1.10 bits per heavy atom. The van der Waals surface area contributed by atoms with E-state index in [2.05, 4.69) is 0 Å². The van der Waals surface area contributed by atoms with Crippen molar-refractivity contribution in [3.63, 3.8) is 0 Å². The highest BCUT2D eigenvalue weighted by molar-refractivity contribution is 5.92. The SMILES string of the molecule is Cc1cc2ccccc2n1C(N)=O.O=C(O)/C=C\C(=O)O. The molecule has 2 aromatic rings. The summed E-state index contributed by atoms with van der Waals surface area (Å²) in [7, 11) is 0. The van der Waals surface area contributed by atoms with Gasteiger partial charge in [0, 0.05) is 23.2 Å². The van der Waals surface area contributed by atoms with E-state index in [1.54, 1.807) is 0 Å². The molecule has 0 aliphatic rings. The van der Waals surface area contributed by atoms with Crippen molar-refractivity contribution in [2.45, 2.75) is 6.92 Å². The van der Waals surface area contributed by atoms with Crippen molar-refractivity contribution >= 4 is 28.9 Å². The van der Waals surface area contributed by atoms with Gasteiger partial charge in [-0.15, -0.1) is 0 Å². The predicted octanol–water partition coefficient (Wildman–Crippen LogP) is 1.59. The van der Waals surface area contributed by atoms with E-state index < -0.39 is 18.0 Å². The third-order valence-electron chi connectivity index (χ3n) is 2.48. The summed E-state index contributed by atoms with van der Waals surface area (Å²) in [5.41, 5.74) is 6.99. The summed E-state index contributed by atoms with van der Waals surface area (Å²) >= 11 is 0. The van der Waals surface area contributed by atoms with Gasteiger partial charge < -0.3 is 15.9 Å². The third-order valence-corrected chi connectivity index (χ3v) is 2.48. The van der Waals surface area contributed by atoms with Crippen molar-refractivity contribution < 1.29 is 24.6 Å². The number of nitrogens with zero attached hydrogens (tertiary/aromatic N) is 1. The van der Waals surface area contributed by atoms with Gasteiger partial charge in [0.25, 0.3) is 0 Å². The number of carbonyl (C=O) groups is 3. The van der Waals surface area contributed by atoms with Gasteiger partial charge in [-0.05, 0) is 19.1 Å². The lowest BCUT2D eigenvalue weighted by atomic mass is 10.2. The van der Waals surface area contributed by atoms with E-state index in [0.29, 0.717) is 12.2 Å². The van der Waals surface area contributed by atoms with E-state index in [-0.39, 0.29) is 0 Å². The number of para-hydroxylation sites is 1. The molecule has 0 radical (unpaired) electrons. The summed E-state index contributed by atoms with van der Waals surface area (Å²) < 4.78 is 1.51. The first-order valence-electron chi connectivity index (χ1n) is 5.83. The number of hydrogen-bond acceptors (Lipinski definition) is 3. The molecular weight excluding hydrogens is 276 g/mol. The number of carbonyl (C=O) groups excluding carboxylic acids is 1. The van der Waals surface area contributed by atoms with E-state index in [1.807, 2.05) is 37.3 Å². The number of rotatable bonds is 2. The van der Waals surface area contributed by atoms with Crippen molar-refractivity contribution in [1.29, 1.82) is 0 Å². The van der Waals surface area contributed by atoms with Gasteiger partial charge in [-0.25, -0.2) is 14.4 Å². The molecule has 0 atom stereocenters. The van der Waals surface area contributed by atoms with Crippen LogP contribution in [0.1, 0.15) is 5.69 Å². The maximum atomic E-state index is 11.1. The summed E-state index contributed by atoms with van der Waals surface area (Å²) in [5.74, 6) is -2.51. The first-order chi connectivity index (χ1) is 9.82. The Morgan fingerprint density at radius 3 is 2.10 bits per heavy atom. The van der Waals surface area contributed by atoms with Crippen molar-refractivity contribution in [3.8, 4) is 0 Å². The summed E-state index contributed by atoms with van der Waals surface area (Å²) in [6, 6.07) is 9.18. The predicted molar refractivity (Wildman–Crippen MR) is 76.1 cm³/mol. The largest absolute Gasteiger partial charge is 0.478 e. The van der Waals surface area contributed by atoms with Crippen LogP contribution in [0.2, 0.25) is 0 Å². The Labute approximate surface area is 119 Å². The van der Waals surface area contributed by atoms with Crippen LogP contribution in [0, 0.1) is 6.92 Å². The smallest absolute Gasteiger partial charge is 0.328 e. The number of carboxylic acids is 2. The van der Waals surface area contributed by atoms with Crippen LogP contribution in [0.25, 0.3) is 10.9 Å². The summed E-state index contributed by atoms with van der Waals surface area (Å²) in [6.45, 7) is 1.87. The number of benzene rings is 1. The van der Waals surface area contributed by atoms with Crippen LogP contribution >= 0.6 is 0 Å². The second-order valence-corrected chi connectivity index (χ2v) is 4.03. The highest BCUT2D eigenvalue weighted by Crippen LogP contribution is 2.17. The molecule has 0 saturated carbocycles. The molecule has 7 heteroatoms. The lowest BCUT2D eigenvalue weighted by molar-refractivity contribution is -0.134. The average molecular weight is 290 g/mol. The molecule has 0 unspecified atom stereocenters. The van der Waals surface area contributed by atoms with Gasteiger partial charge in [-0.2, -0.15) is 0 Å². The van der Waals surface area contributed by atoms with Gasteiger partial charge in [0.15, 0.2) is 0 Å². The van der Waals surface area contributed by atoms with Gasteiger partial charge in [0.1, 0.15) is 0 Å². The normalized spacial score (nSPS) is 10.1. The highest BCUT2D eigenvalue weighted by Gasteiger charge is 2.07. The fraction of sp³-hybridized carbons (Fsp3) is 0.0714. The number of hydrogen-bond donors (Lipinski definition) is 3. The van der Waals surface area contributed by atoms with E-state index in [9.17, 15) is 14.4 Å². The van der Waals surface area contributed by atoms with Crippen molar-refractivity contribution in [2.24, 2.45) is 5.73 Å². The van der Waals surface area contributed by atoms with Gasteiger partial charge >= 0.3 is 18.0 Å². The number of primary amides is 1. The second-order valence-electron chi connectivity index (χ2n) is 4.03. The van der Waals surface area contributed by atoms with E-state index in [1.165, 1.54) is 4.57 Å². The van der Waals surface area contributed by atoms with Crippen LogP contribution < -0.4 is 5.73 Å². The number of amides is 1. The van der Waals surface area contributed by atoms with Crippen LogP contribution in [0.5, 0.6) is 0 Å². The first-order valence-corrected chi connectivity index (χ1v) is 5.83. The number of aryl methyl sites for hydroxylation is 1. The van der Waals surface area contributed by atoms with Crippen LogP contribution in [0.15, 0.2) is 42.5 Å². The summed E-state index contributed by atoms with van der Waals surface area (Å²) in [4.78, 5) is 30.2. The molecular formula is C14H14N2O5. The minimum Gasteiger partial charge on any atom is -0.478 e. The zero-order chi connectivity index (χ0) is 16.0. The molecule has 21 heavy (non-hydrogen) atoms. The molecule has 1 amide bonds. The Morgan fingerprint density at radius 2 is 1.62 bits per heavy atom. The van der Waals surface area contributed by atoms with Gasteiger partial charge in [-0.1, -0.05) is 18.2 Å². The van der Waals surface area contributed by atoms with Crippen molar-refractivity contribution in [1.82, 2.24) is 4.57 Å². The molecule has 0 bridgehead atoms. The second kappa shape index (κ2) is 6.90. The lowest BCUT2D eigenvalue weighted by Crippen LogP contribution is -2.20. The molecule has 0 spiro atoms. The molecule has 1 aromatic heterocycles. The van der Waals surface area contributed by atoms with Crippen molar-refractivity contribution in [2.75, 3.05) is 0 Å².